The number of nitrogens with zero attached hydrogens (tertiary/aromatic N) is 1. The van der Waals surface area contributed by atoms with Crippen LogP contribution < -0.4 is 0 Å². The largest absolute Gasteiger partial charge is 0.344 e. The fraction of sp³-hybridized carbons (Fsp3) is 0.333. The molecule has 2 aromatic rings. The average molecular weight is 223 g/mol. The van der Waals surface area contributed by atoms with E-state index in [-0.39, 0.29) is 5.82 Å². The number of hydrogen-bond donors (Lipinski definition) is 0. The molecule has 3 heteroatoms. The van der Waals surface area contributed by atoms with Gasteiger partial charge in [-0.15, -0.1) is 0 Å². The fourth-order valence-corrected chi connectivity index (χ4v) is 2.46. The minimum Gasteiger partial charge on any atom is -0.344 e. The van der Waals surface area contributed by atoms with Crippen molar-refractivity contribution < 1.29 is 4.39 Å². The minimum absolute atomic E-state index is 0.136. The predicted molar refractivity (Wildman–Crippen MR) is 64.7 cm³/mol. The van der Waals surface area contributed by atoms with Crippen molar-refractivity contribution in [1.82, 2.24) is 4.57 Å². The Balaban J connectivity index is 2.50. The highest BCUT2D eigenvalue weighted by Gasteiger charge is 2.08. The van der Waals surface area contributed by atoms with E-state index in [0.717, 1.165) is 16.9 Å². The third kappa shape index (κ3) is 1.88. The third-order valence-corrected chi connectivity index (χ3v) is 3.47. The molecule has 2 rings (SSSR count). The molecule has 0 aliphatic carbocycles. The van der Waals surface area contributed by atoms with Gasteiger partial charge < -0.3 is 4.57 Å². The van der Waals surface area contributed by atoms with Gasteiger partial charge in [-0.3, -0.25) is 0 Å². The van der Waals surface area contributed by atoms with Crippen LogP contribution in [0.4, 0.5) is 4.39 Å². The van der Waals surface area contributed by atoms with Gasteiger partial charge in [-0.25, -0.2) is 4.39 Å². The van der Waals surface area contributed by atoms with Crippen LogP contribution in [0, 0.1) is 5.82 Å². The molecule has 1 heterocycles. The number of aryl methyl sites for hydroxylation is 1. The van der Waals surface area contributed by atoms with E-state index in [0.29, 0.717) is 5.52 Å². The highest BCUT2D eigenvalue weighted by Crippen LogP contribution is 2.23. The van der Waals surface area contributed by atoms with E-state index in [1.54, 1.807) is 6.07 Å². The van der Waals surface area contributed by atoms with Gasteiger partial charge in [0, 0.05) is 23.9 Å². The van der Waals surface area contributed by atoms with E-state index in [1.165, 1.54) is 11.8 Å². The monoisotopic (exact) mass is 223 g/mol. The predicted octanol–water partition coefficient (Wildman–Crippen LogP) is 3.57. The average Bonchev–Trinajstić information content (AvgIpc) is 2.54. The number of hydrogen-bond acceptors (Lipinski definition) is 1. The van der Waals surface area contributed by atoms with Crippen molar-refractivity contribution >= 4 is 22.7 Å². The minimum atomic E-state index is -0.136. The molecule has 0 spiro atoms. The topological polar surface area (TPSA) is 4.93 Å². The lowest BCUT2D eigenvalue weighted by atomic mass is 10.2. The van der Waals surface area contributed by atoms with Gasteiger partial charge in [-0.2, -0.15) is 11.8 Å². The second-order valence-electron chi connectivity index (χ2n) is 3.51. The number of rotatable bonds is 3. The summed E-state index contributed by atoms with van der Waals surface area (Å²) in [6.45, 7) is 2.13. The SMILES string of the molecule is CCSCc1cc2cccc(F)c2n1C. The molecule has 0 saturated carbocycles. The maximum atomic E-state index is 13.6. The summed E-state index contributed by atoms with van der Waals surface area (Å²) in [6.07, 6.45) is 0. The highest BCUT2D eigenvalue weighted by atomic mass is 32.2. The van der Waals surface area contributed by atoms with Gasteiger partial charge in [-0.1, -0.05) is 19.1 Å². The molecule has 1 aromatic heterocycles. The van der Waals surface area contributed by atoms with E-state index < -0.39 is 0 Å². The Morgan fingerprint density at radius 3 is 2.87 bits per heavy atom. The van der Waals surface area contributed by atoms with Gasteiger partial charge in [0.25, 0.3) is 0 Å². The Labute approximate surface area is 93.3 Å². The van der Waals surface area contributed by atoms with Gasteiger partial charge in [-0.05, 0) is 17.9 Å². The molecule has 1 nitrogen and oxygen atoms in total. The van der Waals surface area contributed by atoms with Gasteiger partial charge in [0.15, 0.2) is 0 Å². The van der Waals surface area contributed by atoms with Crippen LogP contribution in [0.3, 0.4) is 0 Å². The van der Waals surface area contributed by atoms with E-state index in [1.807, 2.05) is 29.4 Å². The molecule has 80 valence electrons. The van der Waals surface area contributed by atoms with Gasteiger partial charge in [0.05, 0.1) is 5.52 Å². The van der Waals surface area contributed by atoms with E-state index in [9.17, 15) is 4.39 Å². The van der Waals surface area contributed by atoms with Crippen LogP contribution in [0.1, 0.15) is 12.6 Å². The lowest BCUT2D eigenvalue weighted by Crippen LogP contribution is -1.95. The molecule has 0 fully saturated rings. The third-order valence-electron chi connectivity index (χ3n) is 2.56. The van der Waals surface area contributed by atoms with Crippen molar-refractivity contribution in [2.45, 2.75) is 12.7 Å². The van der Waals surface area contributed by atoms with E-state index in [4.69, 9.17) is 0 Å². The van der Waals surface area contributed by atoms with Crippen LogP contribution in [-0.2, 0) is 12.8 Å². The molecule has 1 aromatic carbocycles. The summed E-state index contributed by atoms with van der Waals surface area (Å²) in [5.41, 5.74) is 1.89. The Morgan fingerprint density at radius 1 is 1.40 bits per heavy atom. The summed E-state index contributed by atoms with van der Waals surface area (Å²) in [7, 11) is 1.93. The van der Waals surface area contributed by atoms with Crippen molar-refractivity contribution in [1.29, 1.82) is 0 Å². The van der Waals surface area contributed by atoms with Crippen molar-refractivity contribution in [3.8, 4) is 0 Å². The van der Waals surface area contributed by atoms with Crippen molar-refractivity contribution in [2.24, 2.45) is 7.05 Å². The molecule has 0 unspecified atom stereocenters. The van der Waals surface area contributed by atoms with E-state index >= 15 is 0 Å². The molecular formula is C12H14FNS. The zero-order valence-electron chi connectivity index (χ0n) is 8.96. The molecule has 0 aliphatic heterocycles. The second-order valence-corrected chi connectivity index (χ2v) is 4.78. The molecule has 0 saturated heterocycles. The number of fused-ring (bicyclic) bond motifs is 1. The van der Waals surface area contributed by atoms with Gasteiger partial charge in [0.2, 0.25) is 0 Å². The molecule has 0 N–H and O–H groups in total. The fourth-order valence-electron chi connectivity index (χ4n) is 1.77. The molecule has 0 aliphatic rings. The summed E-state index contributed by atoms with van der Waals surface area (Å²) < 4.78 is 15.5. The zero-order chi connectivity index (χ0) is 10.8. The smallest absolute Gasteiger partial charge is 0.147 e. The number of para-hydroxylation sites is 1. The molecule has 0 amide bonds. The Morgan fingerprint density at radius 2 is 2.20 bits per heavy atom. The van der Waals surface area contributed by atoms with Gasteiger partial charge in [0.1, 0.15) is 5.82 Å². The van der Waals surface area contributed by atoms with Crippen LogP contribution in [0.25, 0.3) is 10.9 Å². The van der Waals surface area contributed by atoms with Crippen molar-refractivity contribution in [3.05, 3.63) is 35.8 Å². The molecule has 0 radical (unpaired) electrons. The van der Waals surface area contributed by atoms with E-state index in [2.05, 4.69) is 13.0 Å². The molecule has 0 atom stereocenters. The first kappa shape index (κ1) is 10.6. The second kappa shape index (κ2) is 4.27. The molecular weight excluding hydrogens is 209 g/mol. The molecule has 15 heavy (non-hydrogen) atoms. The number of aromatic nitrogens is 1. The Bertz CT molecular complexity index is 476. The lowest BCUT2D eigenvalue weighted by Gasteiger charge is -2.03. The van der Waals surface area contributed by atoms with Crippen LogP contribution in [0.5, 0.6) is 0 Å². The normalized spacial score (nSPS) is 11.1. The quantitative estimate of drug-likeness (QED) is 0.770. The number of halogens is 1. The summed E-state index contributed by atoms with van der Waals surface area (Å²) in [5.74, 6) is 1.90. The first-order chi connectivity index (χ1) is 7.24. The summed E-state index contributed by atoms with van der Waals surface area (Å²) in [4.78, 5) is 0. The number of benzene rings is 1. The standard InChI is InChI=1S/C12H14FNS/c1-3-15-8-10-7-9-5-4-6-11(13)12(9)14(10)2/h4-7H,3,8H2,1-2H3. The van der Waals surface area contributed by atoms with Gasteiger partial charge >= 0.3 is 0 Å². The first-order valence-corrected chi connectivity index (χ1v) is 6.20. The Kier molecular flexibility index (Phi) is 3.00. The maximum absolute atomic E-state index is 13.6. The first-order valence-electron chi connectivity index (χ1n) is 5.04. The Hall–Kier alpha value is -0.960. The summed E-state index contributed by atoms with van der Waals surface area (Å²) in [6, 6.07) is 7.30. The van der Waals surface area contributed by atoms with Crippen LogP contribution in [0.2, 0.25) is 0 Å². The van der Waals surface area contributed by atoms with Crippen molar-refractivity contribution in [2.75, 3.05) is 5.75 Å². The summed E-state index contributed by atoms with van der Waals surface area (Å²) in [5, 5.41) is 0.990. The zero-order valence-corrected chi connectivity index (χ0v) is 9.77. The molecule has 0 bridgehead atoms. The van der Waals surface area contributed by atoms with Crippen LogP contribution in [-0.4, -0.2) is 10.3 Å². The highest BCUT2D eigenvalue weighted by molar-refractivity contribution is 7.98. The van der Waals surface area contributed by atoms with Crippen LogP contribution in [0.15, 0.2) is 24.3 Å². The maximum Gasteiger partial charge on any atom is 0.147 e. The van der Waals surface area contributed by atoms with Crippen LogP contribution >= 0.6 is 11.8 Å². The van der Waals surface area contributed by atoms with Crippen molar-refractivity contribution in [3.63, 3.8) is 0 Å². The lowest BCUT2D eigenvalue weighted by molar-refractivity contribution is 0.631. The summed E-state index contributed by atoms with van der Waals surface area (Å²) >= 11 is 1.85. The number of thioether (sulfide) groups is 1.